The van der Waals surface area contributed by atoms with Crippen LogP contribution in [0.5, 0.6) is 0 Å². The predicted octanol–water partition coefficient (Wildman–Crippen LogP) is 12.6. The van der Waals surface area contributed by atoms with E-state index < -0.39 is 0 Å². The quantitative estimate of drug-likeness (QED) is 0.146. The summed E-state index contributed by atoms with van der Waals surface area (Å²) in [5, 5.41) is 34.3. The molecule has 5 aromatic carbocycles. The smallest absolute Gasteiger partial charge is 0.183 e. The molecular weight excluding hydrogens is 1000 g/mol. The van der Waals surface area contributed by atoms with Gasteiger partial charge in [0.15, 0.2) is 5.82 Å². The molecule has 10 heterocycles. The average molecular weight is 1070 g/mol. The van der Waals surface area contributed by atoms with Gasteiger partial charge in [-0.1, -0.05) is 30.3 Å². The highest BCUT2D eigenvalue weighted by molar-refractivity contribution is 5.92. The lowest BCUT2D eigenvalue weighted by Gasteiger charge is -2.23. The first-order valence-corrected chi connectivity index (χ1v) is 28.9. The van der Waals surface area contributed by atoms with Gasteiger partial charge in [-0.05, 0) is 228 Å². The second-order valence-corrected chi connectivity index (χ2v) is 22.9. The highest BCUT2D eigenvalue weighted by Crippen LogP contribution is 2.34. The highest BCUT2D eigenvalue weighted by atomic mass is 15.3. The number of fused-ring (bicyclic) bond motifs is 6. The number of nitrogens with one attached hydrogen (secondary N) is 3. The van der Waals surface area contributed by atoms with Gasteiger partial charge >= 0.3 is 0 Å². The van der Waals surface area contributed by atoms with E-state index in [9.17, 15) is 0 Å². The zero-order chi connectivity index (χ0) is 55.1. The Morgan fingerprint density at radius 2 is 1.01 bits per heavy atom. The van der Waals surface area contributed by atoms with Gasteiger partial charge < -0.3 is 20.4 Å². The Balaban J connectivity index is 0.000000114. The van der Waals surface area contributed by atoms with Crippen molar-refractivity contribution in [2.24, 2.45) is 14.1 Å². The van der Waals surface area contributed by atoms with Gasteiger partial charge in [0.1, 0.15) is 5.52 Å². The molecule has 0 unspecified atom stereocenters. The van der Waals surface area contributed by atoms with E-state index in [4.69, 9.17) is 15.0 Å². The van der Waals surface area contributed by atoms with Gasteiger partial charge in [0.2, 0.25) is 0 Å². The summed E-state index contributed by atoms with van der Waals surface area (Å²) in [4.78, 5) is 18.9. The fraction of sp³-hybridized carbons (Fsp3) is 0.313. The molecule has 0 atom stereocenters. The Hall–Kier alpha value is -8.30. The molecule has 3 fully saturated rings. The maximum Gasteiger partial charge on any atom is 0.183 e. The van der Waals surface area contributed by atoms with Crippen LogP contribution in [0.3, 0.4) is 0 Å². The maximum absolute atomic E-state index is 4.80. The van der Waals surface area contributed by atoms with Crippen LogP contribution in [0.4, 0.5) is 0 Å². The first-order valence-electron chi connectivity index (χ1n) is 28.9. The monoisotopic (exact) mass is 1070 g/mol. The second-order valence-electron chi connectivity index (χ2n) is 22.9. The lowest BCUT2D eigenvalue weighted by molar-refractivity contribution is 0.454. The molecule has 0 bridgehead atoms. The Morgan fingerprint density at radius 1 is 0.432 bits per heavy atom. The summed E-state index contributed by atoms with van der Waals surface area (Å²) in [5.41, 5.74) is 20.3. The molecule has 3 N–H and O–H groups in total. The fourth-order valence-electron chi connectivity index (χ4n) is 12.6. The van der Waals surface area contributed by atoms with Gasteiger partial charge in [-0.15, -0.1) is 10.2 Å². The van der Waals surface area contributed by atoms with E-state index in [-0.39, 0.29) is 0 Å². The van der Waals surface area contributed by atoms with Crippen molar-refractivity contribution in [1.82, 2.24) is 70.0 Å². The third kappa shape index (κ3) is 11.0. The van der Waals surface area contributed by atoms with E-state index in [0.717, 1.165) is 94.9 Å². The van der Waals surface area contributed by atoms with Crippen LogP contribution in [-0.2, 0) is 14.1 Å². The van der Waals surface area contributed by atoms with Crippen LogP contribution in [0.2, 0.25) is 0 Å². The first-order chi connectivity index (χ1) is 39.5. The molecule has 14 nitrogen and oxygen atoms in total. The summed E-state index contributed by atoms with van der Waals surface area (Å²) in [6.45, 7) is 14.9. The number of rotatable bonds is 6. The van der Waals surface area contributed by atoms with Crippen molar-refractivity contribution in [3.63, 3.8) is 0 Å². The van der Waals surface area contributed by atoms with Gasteiger partial charge in [0.25, 0.3) is 0 Å². The molecular formula is C67H70N14. The average Bonchev–Trinajstić information content (AvgIpc) is 4.26. The number of aromatic nitrogens is 11. The largest absolute Gasteiger partial charge is 0.320 e. The van der Waals surface area contributed by atoms with Crippen LogP contribution in [-0.4, -0.2) is 93.4 Å². The van der Waals surface area contributed by atoms with Gasteiger partial charge in [-0.2, -0.15) is 10.2 Å². The highest BCUT2D eigenvalue weighted by Gasteiger charge is 2.20. The topological polar surface area (TPSA) is 153 Å². The molecule has 7 aromatic heterocycles. The van der Waals surface area contributed by atoms with Crippen LogP contribution in [0.15, 0.2) is 134 Å². The molecule has 0 saturated carbocycles. The summed E-state index contributed by atoms with van der Waals surface area (Å²) in [6, 6.07) is 35.5. The van der Waals surface area contributed by atoms with Crippen molar-refractivity contribution in [2.45, 2.75) is 84.0 Å². The Kier molecular flexibility index (Phi) is 14.4. The lowest BCUT2D eigenvalue weighted by atomic mass is 9.89. The molecule has 14 heteroatoms. The van der Waals surface area contributed by atoms with Crippen molar-refractivity contribution < 1.29 is 0 Å². The van der Waals surface area contributed by atoms with E-state index in [1.54, 1.807) is 0 Å². The number of hydrogen-bond acceptors (Lipinski definition) is 11. The number of nitrogens with zero attached hydrogens (tertiary/aromatic N) is 11. The van der Waals surface area contributed by atoms with Crippen LogP contribution in [0.1, 0.15) is 95.6 Å². The van der Waals surface area contributed by atoms with Gasteiger partial charge in [-0.3, -0.25) is 24.3 Å². The molecule has 0 amide bonds. The number of pyridine rings is 2. The van der Waals surface area contributed by atoms with Crippen molar-refractivity contribution in [2.75, 3.05) is 39.3 Å². The summed E-state index contributed by atoms with van der Waals surface area (Å²) in [5.74, 6) is 2.50. The van der Waals surface area contributed by atoms with Crippen molar-refractivity contribution >= 4 is 60.0 Å². The van der Waals surface area contributed by atoms with E-state index >= 15 is 0 Å². The van der Waals surface area contributed by atoms with Gasteiger partial charge in [0.05, 0.1) is 39.0 Å². The number of hydrogen-bond donors (Lipinski definition) is 3. The number of aryl methyl sites for hydroxylation is 6. The number of piperidine rings is 3. The Morgan fingerprint density at radius 3 is 1.68 bits per heavy atom. The van der Waals surface area contributed by atoms with E-state index in [1.165, 1.54) is 110 Å². The van der Waals surface area contributed by atoms with E-state index in [0.29, 0.717) is 23.6 Å². The Bertz CT molecular complexity index is 4100. The van der Waals surface area contributed by atoms with Crippen LogP contribution < -0.4 is 16.0 Å². The molecule has 3 saturated heterocycles. The molecule has 15 rings (SSSR count). The van der Waals surface area contributed by atoms with Crippen LogP contribution in [0, 0.1) is 27.7 Å². The third-order valence-electron chi connectivity index (χ3n) is 16.9. The summed E-state index contributed by atoms with van der Waals surface area (Å²) in [7, 11) is 3.94. The lowest BCUT2D eigenvalue weighted by Crippen LogP contribution is -2.27. The van der Waals surface area contributed by atoms with Crippen LogP contribution in [0.25, 0.3) is 93.7 Å². The molecule has 12 aromatic rings. The molecule has 81 heavy (non-hydrogen) atoms. The molecule has 3 aliphatic rings. The van der Waals surface area contributed by atoms with Crippen molar-refractivity contribution in [1.29, 1.82) is 0 Å². The minimum atomic E-state index is 0.589. The molecule has 0 aliphatic carbocycles. The van der Waals surface area contributed by atoms with E-state index in [1.807, 2.05) is 62.1 Å². The molecule has 3 aliphatic heterocycles. The maximum atomic E-state index is 4.80. The summed E-state index contributed by atoms with van der Waals surface area (Å²) < 4.78 is 5.84. The zero-order valence-electron chi connectivity index (χ0n) is 47.3. The van der Waals surface area contributed by atoms with Gasteiger partial charge in [-0.25, -0.2) is 4.98 Å². The number of benzene rings is 5. The van der Waals surface area contributed by atoms with Crippen molar-refractivity contribution in [3.05, 3.63) is 174 Å². The minimum Gasteiger partial charge on any atom is -0.320 e. The predicted molar refractivity (Wildman–Crippen MR) is 328 cm³/mol. The van der Waals surface area contributed by atoms with E-state index in [2.05, 4.69) is 169 Å². The standard InChI is InChI=1S/2C23H24N4.C21H22N6/c1-15-9-19(11-21-14-27(2)26-23(15)21)20-10-18-4-3-17(12-22(18)25-13-20)16-5-7-24-8-6-16;1-15-9-19(11-21-14-27(2)26-23(15)21)17-3-4-18-12-22(25-13-20(18)10-17)16-5-7-24-8-6-16;1-13-11-27-12-17(10-20(27)14(2)23-13)21-24-18-4-3-16(9-19(18)25-26-21)15-5-7-22-8-6-15/h2*3-4,9-14,16,24H,5-8H2,1-2H3;3-4,9-12,15,22H,5-8H2,1-2H3. The van der Waals surface area contributed by atoms with Crippen LogP contribution >= 0.6 is 0 Å². The molecule has 408 valence electrons. The zero-order valence-corrected chi connectivity index (χ0v) is 47.3. The third-order valence-corrected chi connectivity index (χ3v) is 16.9. The summed E-state index contributed by atoms with van der Waals surface area (Å²) in [6.07, 6.45) is 19.4. The fourth-order valence-corrected chi connectivity index (χ4v) is 12.6. The first kappa shape index (κ1) is 52.1. The van der Waals surface area contributed by atoms with Gasteiger partial charge in [0, 0.05) is 95.6 Å². The SMILES string of the molecule is Cc1cc(-c2ccc3cc(C4CCNCC4)ncc3c2)cc2cn(C)nc12.Cc1cc(-c2cnc3cc(C4CCNCC4)ccc3c2)cc2cn(C)nc12.Cc1cn2cc(-c3nnc4cc(C5CCNCC5)ccc4n3)cc2c(C)n1. The molecule has 0 radical (unpaired) electrons. The molecule has 0 spiro atoms. The summed E-state index contributed by atoms with van der Waals surface area (Å²) >= 11 is 0. The normalized spacial score (nSPS) is 15.6. The Labute approximate surface area is 472 Å². The van der Waals surface area contributed by atoms with Crippen molar-refractivity contribution in [3.8, 4) is 33.6 Å². The second kappa shape index (κ2) is 22.3. The minimum absolute atomic E-state index is 0.589.